The van der Waals surface area contributed by atoms with Crippen molar-refractivity contribution >= 4 is 53.7 Å². The van der Waals surface area contributed by atoms with E-state index in [0.717, 1.165) is 121 Å². The number of phenolic OH excluding ortho intramolecular Hbond substituents is 1. The summed E-state index contributed by atoms with van der Waals surface area (Å²) in [5.41, 5.74) is 5.14. The van der Waals surface area contributed by atoms with Crippen molar-refractivity contribution in [2.24, 2.45) is 21.1 Å². The molecule has 93 heavy (non-hydrogen) atoms. The zero-order chi connectivity index (χ0) is 66.3. The molecule has 0 unspecified atom stereocenters. The molecule has 0 atom stereocenters. The molecule has 12 rings (SSSR count). The van der Waals surface area contributed by atoms with Crippen LogP contribution in [-0.2, 0) is 40.8 Å². The molecule has 3 saturated heterocycles. The Morgan fingerprint density at radius 3 is 1.13 bits per heavy atom. The average Bonchev–Trinajstić information content (AvgIpc) is 1.88. The third-order valence-electron chi connectivity index (χ3n) is 15.8. The number of hydrogen-bond donors (Lipinski definition) is 1. The van der Waals surface area contributed by atoms with Crippen LogP contribution in [0.1, 0.15) is 87.1 Å². The highest BCUT2D eigenvalue weighted by molar-refractivity contribution is 6.31. The van der Waals surface area contributed by atoms with Crippen LogP contribution >= 0.6 is 34.8 Å². The van der Waals surface area contributed by atoms with Gasteiger partial charge in [-0.2, -0.15) is 13.2 Å². The SMILES string of the molecule is Cn1c(-c2ccc(O)cc2)cnc1CN1CCCC1.Cn1c(-c2ccc(Oc3cc(Cl)cc(F)c3C=O)cc2)cnc1CN1CCCC1.Cn1c(-c2ccc(Oc3cc(Cl)cc(OCC(F)(F)F)c3C=O)cc2)cnc1CN1CCCC1.O=Cc1c(F)cc(Cl)cc1F. The molecule has 488 valence electrons. The maximum absolute atomic E-state index is 13.9. The summed E-state index contributed by atoms with van der Waals surface area (Å²) in [5.74, 6) is 1.49. The van der Waals surface area contributed by atoms with E-state index in [9.17, 15) is 45.8 Å². The first-order valence-electron chi connectivity index (χ1n) is 29.7. The summed E-state index contributed by atoms with van der Waals surface area (Å²) in [5, 5.41) is 9.52. The molecule has 6 aromatic carbocycles. The number of halogens is 9. The highest BCUT2D eigenvalue weighted by atomic mass is 35.5. The van der Waals surface area contributed by atoms with E-state index in [0.29, 0.717) is 29.8 Å². The van der Waals surface area contributed by atoms with Gasteiger partial charge in [-0.3, -0.25) is 29.1 Å². The lowest BCUT2D eigenvalue weighted by Crippen LogP contribution is -2.20. The number of nitrogens with zero attached hydrogens (tertiary/aromatic N) is 9. The van der Waals surface area contributed by atoms with Crippen molar-refractivity contribution < 1.29 is 60.0 Å². The maximum atomic E-state index is 13.9. The lowest BCUT2D eigenvalue weighted by Gasteiger charge is -2.15. The van der Waals surface area contributed by atoms with Gasteiger partial charge in [0.05, 0.1) is 72.0 Å². The van der Waals surface area contributed by atoms with Crippen molar-refractivity contribution in [1.82, 2.24) is 43.4 Å². The van der Waals surface area contributed by atoms with Gasteiger partial charge in [0.25, 0.3) is 0 Å². The second-order valence-corrected chi connectivity index (χ2v) is 23.6. The second-order valence-electron chi connectivity index (χ2n) is 22.3. The lowest BCUT2D eigenvalue weighted by molar-refractivity contribution is -0.153. The first-order valence-corrected chi connectivity index (χ1v) is 30.9. The zero-order valence-corrected chi connectivity index (χ0v) is 53.3. The number of phenols is 1. The number of hydrogen-bond acceptors (Lipinski definition) is 13. The fourth-order valence-corrected chi connectivity index (χ4v) is 11.3. The summed E-state index contributed by atoms with van der Waals surface area (Å²) in [6.45, 7) is 7.82. The first-order chi connectivity index (χ1) is 44.7. The highest BCUT2D eigenvalue weighted by Gasteiger charge is 2.30. The fraction of sp³-hybridized carbons (Fsp3) is 0.294. The number of benzene rings is 6. The number of aromatic nitrogens is 6. The van der Waals surface area contributed by atoms with Gasteiger partial charge < -0.3 is 33.0 Å². The van der Waals surface area contributed by atoms with E-state index in [1.54, 1.807) is 36.4 Å². The number of carbonyl (C=O) groups excluding carboxylic acids is 3. The number of ether oxygens (including phenoxy) is 3. The normalized spacial score (nSPS) is 14.2. The molecule has 3 aromatic heterocycles. The summed E-state index contributed by atoms with van der Waals surface area (Å²) in [6, 6.07) is 28.5. The van der Waals surface area contributed by atoms with Crippen molar-refractivity contribution in [2.45, 2.75) is 64.3 Å². The van der Waals surface area contributed by atoms with Crippen LogP contribution in [0.25, 0.3) is 33.8 Å². The monoisotopic (exact) mass is 1340 g/mol. The standard InChI is InChI=1S/C24H23ClF3N3O3.C22H21ClFN3O2.C15H19N3O.C7H3ClF2O/c1-30-20(12-29-23(30)13-31-8-2-3-9-31)16-4-6-18(7-5-16)34-22-11-17(25)10-21(19(22)14-32)33-15-24(26,27)28;1-26-20(12-25-22(26)13-27-8-2-3-9-27)15-4-6-17(7-5-15)29-21-11-16(23)10-19(24)18(21)14-28;1-17-14(12-4-6-13(19)7-5-12)10-16-15(17)11-18-8-2-3-9-18;8-4-1-6(9)5(3-11)7(10)2-4/h4-7,10-12,14H,2-3,8-9,13,15H2,1H3;4-7,10-12,14H,2-3,8-9,13H2,1H3;4-7,10,19H,2-3,8-9,11H2,1H3;1-3H. The smallest absolute Gasteiger partial charge is 0.422 e. The number of carbonyl (C=O) groups is 3. The third-order valence-corrected chi connectivity index (χ3v) is 16.4. The number of aromatic hydroxyl groups is 1. The number of rotatable bonds is 18. The molecule has 3 fully saturated rings. The number of alkyl halides is 3. The van der Waals surface area contributed by atoms with Crippen LogP contribution in [0.3, 0.4) is 0 Å². The highest BCUT2D eigenvalue weighted by Crippen LogP contribution is 2.37. The molecule has 0 aliphatic carbocycles. The van der Waals surface area contributed by atoms with Gasteiger partial charge in [0, 0.05) is 65.0 Å². The van der Waals surface area contributed by atoms with E-state index in [-0.39, 0.29) is 49.7 Å². The zero-order valence-electron chi connectivity index (χ0n) is 51.0. The summed E-state index contributed by atoms with van der Waals surface area (Å²) >= 11 is 17.2. The van der Waals surface area contributed by atoms with E-state index in [1.807, 2.05) is 69.1 Å². The van der Waals surface area contributed by atoms with Crippen molar-refractivity contribution in [3.63, 3.8) is 0 Å². The molecule has 9 aromatic rings. The molecule has 25 heteroatoms. The Morgan fingerprint density at radius 1 is 0.462 bits per heavy atom. The Hall–Kier alpha value is -8.51. The van der Waals surface area contributed by atoms with Crippen LogP contribution in [0.5, 0.6) is 34.5 Å². The van der Waals surface area contributed by atoms with Gasteiger partial charge in [-0.25, -0.2) is 28.1 Å². The van der Waals surface area contributed by atoms with Crippen LogP contribution in [0.4, 0.5) is 26.3 Å². The van der Waals surface area contributed by atoms with Crippen molar-refractivity contribution in [3.8, 4) is 68.3 Å². The second kappa shape index (κ2) is 31.9. The largest absolute Gasteiger partial charge is 0.508 e. The molecule has 3 aliphatic rings. The Kier molecular flexibility index (Phi) is 23.6. The molecule has 0 saturated carbocycles. The number of likely N-dealkylation sites (tertiary alicyclic amines) is 3. The minimum atomic E-state index is -4.56. The Bertz CT molecular complexity index is 3990. The average molecular weight is 1340 g/mol. The minimum Gasteiger partial charge on any atom is -0.508 e. The molecule has 0 bridgehead atoms. The predicted octanol–water partition coefficient (Wildman–Crippen LogP) is 15.8. The Balaban J connectivity index is 0.000000156. The van der Waals surface area contributed by atoms with Crippen molar-refractivity contribution in [2.75, 3.05) is 45.9 Å². The molecule has 0 radical (unpaired) electrons. The topological polar surface area (TPSA) is 162 Å². The summed E-state index contributed by atoms with van der Waals surface area (Å²) in [7, 11) is 6.05. The van der Waals surface area contributed by atoms with E-state index in [2.05, 4.69) is 50.4 Å². The molecule has 0 amide bonds. The van der Waals surface area contributed by atoms with Gasteiger partial charge in [-0.1, -0.05) is 34.8 Å². The quantitative estimate of drug-likeness (QED) is 0.0639. The molecule has 1 N–H and O–H groups in total. The van der Waals surface area contributed by atoms with Gasteiger partial charge in [0.1, 0.15) is 69.4 Å². The number of imidazole rings is 3. The van der Waals surface area contributed by atoms with E-state index < -0.39 is 35.8 Å². The van der Waals surface area contributed by atoms with Crippen LogP contribution in [0.15, 0.2) is 128 Å². The molecule has 16 nitrogen and oxygen atoms in total. The Labute approximate surface area is 548 Å². The van der Waals surface area contributed by atoms with Crippen molar-refractivity contribution in [3.05, 3.63) is 194 Å². The van der Waals surface area contributed by atoms with Crippen LogP contribution in [0, 0.1) is 17.5 Å². The van der Waals surface area contributed by atoms with Crippen LogP contribution in [0.2, 0.25) is 15.1 Å². The van der Waals surface area contributed by atoms with Gasteiger partial charge >= 0.3 is 6.18 Å². The fourth-order valence-electron chi connectivity index (χ4n) is 10.8. The van der Waals surface area contributed by atoms with Crippen LogP contribution in [-0.4, -0.2) is 119 Å². The van der Waals surface area contributed by atoms with Crippen LogP contribution < -0.4 is 14.2 Å². The van der Waals surface area contributed by atoms with Gasteiger partial charge in [-0.05, 0) is 175 Å². The van der Waals surface area contributed by atoms with Gasteiger partial charge in [0.15, 0.2) is 25.5 Å². The van der Waals surface area contributed by atoms with Gasteiger partial charge in [-0.15, -0.1) is 0 Å². The number of aldehydes is 3. The first kappa shape index (κ1) is 68.8. The van der Waals surface area contributed by atoms with Crippen molar-refractivity contribution in [1.29, 1.82) is 0 Å². The molecule has 0 spiro atoms. The van der Waals surface area contributed by atoms with E-state index in [1.165, 1.54) is 63.7 Å². The Morgan fingerprint density at radius 2 is 0.774 bits per heavy atom. The summed E-state index contributed by atoms with van der Waals surface area (Å²) in [6.07, 6.45) is 9.51. The lowest BCUT2D eigenvalue weighted by atomic mass is 10.1. The summed E-state index contributed by atoms with van der Waals surface area (Å²) < 4.78 is 99.2. The summed E-state index contributed by atoms with van der Waals surface area (Å²) in [4.78, 5) is 53.7. The maximum Gasteiger partial charge on any atom is 0.422 e. The minimum absolute atomic E-state index is 0.000794. The molecule has 6 heterocycles. The third kappa shape index (κ3) is 18.4. The molecule has 3 aliphatic heterocycles. The molecular formula is C68H66Cl3F6N9O7. The van der Waals surface area contributed by atoms with Gasteiger partial charge in [0.2, 0.25) is 0 Å². The van der Waals surface area contributed by atoms with E-state index >= 15 is 0 Å². The molecular weight excluding hydrogens is 1280 g/mol. The predicted molar refractivity (Wildman–Crippen MR) is 343 cm³/mol. The van der Waals surface area contributed by atoms with E-state index in [4.69, 9.17) is 49.0 Å².